The van der Waals surface area contributed by atoms with Crippen LogP contribution in [-0.2, 0) is 4.79 Å². The molecule has 0 aliphatic heterocycles. The summed E-state index contributed by atoms with van der Waals surface area (Å²) in [7, 11) is 0. The molecule has 0 aliphatic carbocycles. The molecule has 19 heavy (non-hydrogen) atoms. The van der Waals surface area contributed by atoms with Crippen LogP contribution in [0.2, 0.25) is 0 Å². The van der Waals surface area contributed by atoms with Crippen molar-refractivity contribution >= 4 is 11.6 Å². The molecule has 1 aromatic carbocycles. The zero-order valence-electron chi connectivity index (χ0n) is 12.2. The number of rotatable bonds is 6. The van der Waals surface area contributed by atoms with Crippen molar-refractivity contribution in [2.24, 2.45) is 0 Å². The smallest absolute Gasteiger partial charge is 0.258 e. The van der Waals surface area contributed by atoms with Gasteiger partial charge < -0.3 is 15.8 Å². The quantitative estimate of drug-likeness (QED) is 0.776. The van der Waals surface area contributed by atoms with Crippen LogP contribution in [-0.4, -0.2) is 18.6 Å². The van der Waals surface area contributed by atoms with Crippen molar-refractivity contribution in [2.45, 2.75) is 46.6 Å². The molecule has 4 heteroatoms. The fourth-order valence-corrected chi connectivity index (χ4v) is 2.08. The van der Waals surface area contributed by atoms with Crippen molar-refractivity contribution in [3.8, 4) is 5.75 Å². The molecule has 0 heterocycles. The number of carbonyl (C=O) groups excluding carboxylic acids is 1. The van der Waals surface area contributed by atoms with Gasteiger partial charge in [-0.2, -0.15) is 0 Å². The third-order valence-corrected chi connectivity index (χ3v) is 3.15. The number of nitrogens with two attached hydrogens (primary N) is 1. The molecule has 0 saturated heterocycles. The van der Waals surface area contributed by atoms with Crippen LogP contribution in [0.3, 0.4) is 0 Å². The van der Waals surface area contributed by atoms with Crippen LogP contribution in [0, 0.1) is 13.8 Å². The maximum atomic E-state index is 11.8. The Hall–Kier alpha value is -1.71. The Kier molecular flexibility index (Phi) is 5.67. The van der Waals surface area contributed by atoms with Gasteiger partial charge in [-0.25, -0.2) is 0 Å². The molecule has 0 unspecified atom stereocenters. The first kappa shape index (κ1) is 15.3. The maximum absolute atomic E-state index is 11.8. The summed E-state index contributed by atoms with van der Waals surface area (Å²) in [6.07, 6.45) is 1.85. The van der Waals surface area contributed by atoms with Gasteiger partial charge in [0.2, 0.25) is 0 Å². The van der Waals surface area contributed by atoms with E-state index in [9.17, 15) is 4.79 Å². The largest absolute Gasteiger partial charge is 0.481 e. The van der Waals surface area contributed by atoms with Gasteiger partial charge in [0.05, 0.1) is 5.69 Å². The van der Waals surface area contributed by atoms with Crippen molar-refractivity contribution in [1.29, 1.82) is 0 Å². The standard InChI is InChI=1S/C15H24N2O2/c1-5-12(6-2)17-14(18)9-19-15-11(4)7-10(3)8-13(15)16/h7-8,12H,5-6,9,16H2,1-4H3,(H,17,18). The molecule has 1 amide bonds. The minimum absolute atomic E-state index is 0.00456. The number of nitrogen functional groups attached to an aromatic ring is 1. The van der Waals surface area contributed by atoms with Crippen LogP contribution in [0.5, 0.6) is 5.75 Å². The third-order valence-electron chi connectivity index (χ3n) is 3.15. The molecule has 0 spiro atoms. The van der Waals surface area contributed by atoms with E-state index in [1.807, 2.05) is 26.0 Å². The van der Waals surface area contributed by atoms with Gasteiger partial charge in [0.15, 0.2) is 6.61 Å². The van der Waals surface area contributed by atoms with Crippen molar-refractivity contribution in [1.82, 2.24) is 5.32 Å². The molecule has 0 fully saturated rings. The van der Waals surface area contributed by atoms with E-state index in [0.717, 1.165) is 24.0 Å². The highest BCUT2D eigenvalue weighted by atomic mass is 16.5. The fraction of sp³-hybridized carbons (Fsp3) is 0.533. The summed E-state index contributed by atoms with van der Waals surface area (Å²) in [5.41, 5.74) is 8.52. The molecule has 0 aromatic heterocycles. The average Bonchev–Trinajstić information content (AvgIpc) is 2.34. The Morgan fingerprint density at radius 3 is 2.47 bits per heavy atom. The van der Waals surface area contributed by atoms with E-state index in [4.69, 9.17) is 10.5 Å². The lowest BCUT2D eigenvalue weighted by Gasteiger charge is -2.16. The molecular weight excluding hydrogens is 240 g/mol. The van der Waals surface area contributed by atoms with E-state index in [-0.39, 0.29) is 18.6 Å². The predicted octanol–water partition coefficient (Wildman–Crippen LogP) is 2.57. The fourth-order valence-electron chi connectivity index (χ4n) is 2.08. The Bertz CT molecular complexity index is 417. The number of carbonyl (C=O) groups is 1. The highest BCUT2D eigenvalue weighted by molar-refractivity contribution is 5.78. The van der Waals surface area contributed by atoms with Crippen LogP contribution < -0.4 is 15.8 Å². The second-order valence-corrected chi connectivity index (χ2v) is 4.87. The third kappa shape index (κ3) is 4.47. The molecule has 0 saturated carbocycles. The number of benzene rings is 1. The monoisotopic (exact) mass is 264 g/mol. The second-order valence-electron chi connectivity index (χ2n) is 4.87. The van der Waals surface area contributed by atoms with E-state index in [2.05, 4.69) is 19.2 Å². The molecule has 0 radical (unpaired) electrons. The van der Waals surface area contributed by atoms with Crippen LogP contribution >= 0.6 is 0 Å². The van der Waals surface area contributed by atoms with Crippen LogP contribution in [0.1, 0.15) is 37.8 Å². The molecule has 1 rings (SSSR count). The molecule has 4 nitrogen and oxygen atoms in total. The van der Waals surface area contributed by atoms with E-state index in [1.54, 1.807) is 0 Å². The number of amides is 1. The number of ether oxygens (including phenoxy) is 1. The van der Waals surface area contributed by atoms with Crippen LogP contribution in [0.25, 0.3) is 0 Å². The van der Waals surface area contributed by atoms with Crippen molar-refractivity contribution in [3.63, 3.8) is 0 Å². The number of nitrogens with one attached hydrogen (secondary N) is 1. The molecule has 0 bridgehead atoms. The summed E-state index contributed by atoms with van der Waals surface area (Å²) in [5.74, 6) is 0.498. The maximum Gasteiger partial charge on any atom is 0.258 e. The summed E-state index contributed by atoms with van der Waals surface area (Å²) >= 11 is 0. The predicted molar refractivity (Wildman–Crippen MR) is 78.3 cm³/mol. The van der Waals surface area contributed by atoms with Gasteiger partial charge in [-0.1, -0.05) is 19.9 Å². The van der Waals surface area contributed by atoms with E-state index >= 15 is 0 Å². The zero-order valence-corrected chi connectivity index (χ0v) is 12.2. The lowest BCUT2D eigenvalue weighted by Crippen LogP contribution is -2.37. The lowest BCUT2D eigenvalue weighted by molar-refractivity contribution is -0.123. The Labute approximate surface area is 115 Å². The summed E-state index contributed by atoms with van der Waals surface area (Å²) < 4.78 is 5.54. The SMILES string of the molecule is CCC(CC)NC(=O)COc1c(C)cc(C)cc1N. The highest BCUT2D eigenvalue weighted by Crippen LogP contribution is 2.27. The highest BCUT2D eigenvalue weighted by Gasteiger charge is 2.11. The molecule has 106 valence electrons. The lowest BCUT2D eigenvalue weighted by atomic mass is 10.1. The van der Waals surface area contributed by atoms with Crippen molar-refractivity contribution < 1.29 is 9.53 Å². The first-order chi connectivity index (χ1) is 8.97. The molecule has 1 aromatic rings. The zero-order chi connectivity index (χ0) is 14.4. The summed E-state index contributed by atoms with van der Waals surface area (Å²) in [6, 6.07) is 4.05. The second kappa shape index (κ2) is 7.02. The van der Waals surface area contributed by atoms with Gasteiger partial charge in [0, 0.05) is 6.04 Å². The number of hydrogen-bond acceptors (Lipinski definition) is 3. The van der Waals surface area contributed by atoms with Gasteiger partial charge >= 0.3 is 0 Å². The Balaban J connectivity index is 2.60. The van der Waals surface area contributed by atoms with Crippen LogP contribution in [0.4, 0.5) is 5.69 Å². The molecule has 0 atom stereocenters. The van der Waals surface area contributed by atoms with Gasteiger partial charge in [-0.15, -0.1) is 0 Å². The molecule has 0 aliphatic rings. The average molecular weight is 264 g/mol. The van der Waals surface area contributed by atoms with Crippen molar-refractivity contribution in [2.75, 3.05) is 12.3 Å². The topological polar surface area (TPSA) is 64.3 Å². The minimum atomic E-state index is -0.104. The number of hydrogen-bond donors (Lipinski definition) is 2. The van der Waals surface area contributed by atoms with Crippen LogP contribution in [0.15, 0.2) is 12.1 Å². The number of aryl methyl sites for hydroxylation is 2. The Morgan fingerprint density at radius 1 is 1.32 bits per heavy atom. The summed E-state index contributed by atoms with van der Waals surface area (Å²) in [4.78, 5) is 11.8. The summed E-state index contributed by atoms with van der Waals surface area (Å²) in [5, 5.41) is 2.93. The van der Waals surface area contributed by atoms with Crippen molar-refractivity contribution in [3.05, 3.63) is 23.3 Å². The minimum Gasteiger partial charge on any atom is -0.481 e. The normalized spacial score (nSPS) is 10.6. The molecule has 3 N–H and O–H groups in total. The van der Waals surface area contributed by atoms with E-state index < -0.39 is 0 Å². The van der Waals surface area contributed by atoms with Gasteiger partial charge in [0.25, 0.3) is 5.91 Å². The van der Waals surface area contributed by atoms with Gasteiger partial charge in [-0.05, 0) is 43.9 Å². The van der Waals surface area contributed by atoms with Gasteiger partial charge in [-0.3, -0.25) is 4.79 Å². The Morgan fingerprint density at radius 2 is 1.95 bits per heavy atom. The number of anilines is 1. The first-order valence-corrected chi connectivity index (χ1v) is 6.76. The van der Waals surface area contributed by atoms with E-state index in [1.165, 1.54) is 0 Å². The summed E-state index contributed by atoms with van der Waals surface area (Å²) in [6.45, 7) is 8.02. The first-order valence-electron chi connectivity index (χ1n) is 6.76. The molecular formula is C15H24N2O2. The van der Waals surface area contributed by atoms with Gasteiger partial charge in [0.1, 0.15) is 5.75 Å². The van der Waals surface area contributed by atoms with E-state index in [0.29, 0.717) is 11.4 Å².